The Kier molecular flexibility index (Phi) is 2.15. The molecule has 1 aliphatic heterocycles. The first-order valence-corrected chi connectivity index (χ1v) is 4.71. The van der Waals surface area contributed by atoms with Crippen LogP contribution in [0.1, 0.15) is 11.5 Å². The van der Waals surface area contributed by atoms with Gasteiger partial charge in [0.2, 0.25) is 0 Å². The molecule has 3 heteroatoms. The molecule has 0 aromatic heterocycles. The van der Waals surface area contributed by atoms with Gasteiger partial charge in [0.1, 0.15) is 0 Å². The molecule has 0 radical (unpaired) electrons. The molecule has 0 aliphatic carbocycles. The van der Waals surface area contributed by atoms with E-state index in [0.717, 1.165) is 9.59 Å². The van der Waals surface area contributed by atoms with Gasteiger partial charge in [-0.3, -0.25) is 0 Å². The summed E-state index contributed by atoms with van der Waals surface area (Å²) in [6, 6.07) is 8.08. The summed E-state index contributed by atoms with van der Waals surface area (Å²) in [6.07, 6.45) is 0. The second-order valence-corrected chi connectivity index (χ2v) is 3.99. The second kappa shape index (κ2) is 3.15. The summed E-state index contributed by atoms with van der Waals surface area (Å²) in [5.74, 6) is 0.392. The first-order valence-electron chi connectivity index (χ1n) is 3.92. The Morgan fingerprint density at radius 1 is 1.25 bits per heavy atom. The largest absolute Gasteiger partial charge is 0.145 e. The van der Waals surface area contributed by atoms with Gasteiger partial charge in [0.25, 0.3) is 0 Å². The molecule has 1 heterocycles. The topological polar surface area (TPSA) is 3.24 Å². The maximum atomic E-state index is 12.4. The first kappa shape index (κ1) is 8.20. The number of halogens is 2. The minimum absolute atomic E-state index is 0.392. The summed E-state index contributed by atoms with van der Waals surface area (Å²) in [7, 11) is 0. The van der Waals surface area contributed by atoms with Crippen molar-refractivity contribution in [3.8, 4) is 0 Å². The van der Waals surface area contributed by atoms with Crippen molar-refractivity contribution in [3.05, 3.63) is 34.3 Å². The van der Waals surface area contributed by atoms with Gasteiger partial charge in [-0.1, -0.05) is 28.1 Å². The third-order valence-electron chi connectivity index (χ3n) is 2.18. The molecular formula is C9H9BrFN. The Balaban J connectivity index is 2.09. The molecule has 0 spiro atoms. The molecule has 64 valence electrons. The highest BCUT2D eigenvalue weighted by Gasteiger charge is 2.27. The van der Waals surface area contributed by atoms with E-state index in [2.05, 4.69) is 15.9 Å². The lowest BCUT2D eigenvalue weighted by molar-refractivity contribution is -0.0515. The second-order valence-electron chi connectivity index (χ2n) is 3.08. The molecule has 12 heavy (non-hydrogen) atoms. The van der Waals surface area contributed by atoms with E-state index in [0.29, 0.717) is 19.0 Å². The van der Waals surface area contributed by atoms with E-state index in [4.69, 9.17) is 0 Å². The molecular weight excluding hydrogens is 221 g/mol. The zero-order valence-corrected chi connectivity index (χ0v) is 8.09. The Morgan fingerprint density at radius 2 is 1.83 bits per heavy atom. The van der Waals surface area contributed by atoms with Crippen molar-refractivity contribution < 1.29 is 4.48 Å². The summed E-state index contributed by atoms with van der Waals surface area (Å²) in [6.45, 7) is 1.09. The Morgan fingerprint density at radius 3 is 2.33 bits per heavy atom. The molecule has 1 nitrogen and oxygen atoms in total. The zero-order valence-electron chi connectivity index (χ0n) is 6.50. The van der Waals surface area contributed by atoms with Crippen LogP contribution in [0.3, 0.4) is 0 Å². The third-order valence-corrected chi connectivity index (χ3v) is 2.71. The van der Waals surface area contributed by atoms with Crippen molar-refractivity contribution in [1.29, 1.82) is 0 Å². The fraction of sp³-hybridized carbons (Fsp3) is 0.333. The highest BCUT2D eigenvalue weighted by Crippen LogP contribution is 2.27. The van der Waals surface area contributed by atoms with E-state index in [1.807, 2.05) is 24.3 Å². The third kappa shape index (κ3) is 1.52. The molecule has 0 unspecified atom stereocenters. The lowest BCUT2D eigenvalue weighted by Gasteiger charge is -2.32. The summed E-state index contributed by atoms with van der Waals surface area (Å²) in [4.78, 5) is 0. The zero-order chi connectivity index (χ0) is 8.55. The van der Waals surface area contributed by atoms with Crippen LogP contribution < -0.4 is 0 Å². The monoisotopic (exact) mass is 229 g/mol. The lowest BCUT2D eigenvalue weighted by Crippen LogP contribution is -2.38. The van der Waals surface area contributed by atoms with Crippen LogP contribution in [0.25, 0.3) is 0 Å². The number of benzene rings is 1. The van der Waals surface area contributed by atoms with Gasteiger partial charge in [-0.05, 0) is 17.7 Å². The van der Waals surface area contributed by atoms with Crippen molar-refractivity contribution in [2.75, 3.05) is 13.1 Å². The van der Waals surface area contributed by atoms with Gasteiger partial charge in [0.05, 0.1) is 0 Å². The summed E-state index contributed by atoms with van der Waals surface area (Å²) in [5, 5.41) is 0.840. The van der Waals surface area contributed by atoms with Gasteiger partial charge < -0.3 is 0 Å². The summed E-state index contributed by atoms with van der Waals surface area (Å²) >= 11 is 3.36. The quantitative estimate of drug-likeness (QED) is 0.670. The maximum Gasteiger partial charge on any atom is 0.0372 e. The molecule has 1 aromatic carbocycles. The molecule has 1 aliphatic rings. The fourth-order valence-electron chi connectivity index (χ4n) is 1.37. The van der Waals surface area contributed by atoms with Crippen LogP contribution in [0.2, 0.25) is 0 Å². The van der Waals surface area contributed by atoms with E-state index < -0.39 is 0 Å². The van der Waals surface area contributed by atoms with Crippen LogP contribution >= 0.6 is 15.9 Å². The van der Waals surface area contributed by atoms with Crippen LogP contribution in [0.4, 0.5) is 4.48 Å². The van der Waals surface area contributed by atoms with E-state index in [-0.39, 0.29) is 0 Å². The van der Waals surface area contributed by atoms with Crippen LogP contribution in [0.15, 0.2) is 28.7 Å². The van der Waals surface area contributed by atoms with Gasteiger partial charge in [-0.25, -0.2) is 0 Å². The van der Waals surface area contributed by atoms with E-state index in [9.17, 15) is 4.48 Å². The smallest absolute Gasteiger partial charge is 0.0372 e. The maximum absolute atomic E-state index is 12.4. The Labute approximate surface area is 79.2 Å². The summed E-state index contributed by atoms with van der Waals surface area (Å²) in [5.41, 5.74) is 1.23. The minimum atomic E-state index is 0.392. The van der Waals surface area contributed by atoms with E-state index in [1.165, 1.54) is 5.56 Å². The van der Waals surface area contributed by atoms with Crippen molar-refractivity contribution >= 4 is 15.9 Å². The van der Waals surface area contributed by atoms with Crippen LogP contribution in [0, 0.1) is 0 Å². The van der Waals surface area contributed by atoms with Gasteiger partial charge in [0, 0.05) is 23.5 Å². The number of hydrogen-bond donors (Lipinski definition) is 0. The average molecular weight is 230 g/mol. The number of nitrogens with zero attached hydrogens (tertiary/aromatic N) is 1. The summed E-state index contributed by atoms with van der Waals surface area (Å²) < 4.78 is 13.4. The van der Waals surface area contributed by atoms with Crippen LogP contribution in [0.5, 0.6) is 0 Å². The standard InChI is InChI=1S/C9H9BrFN/c10-9-3-1-7(2-4-9)8-5-12(11)6-8/h1-4,8H,5-6H2. The van der Waals surface area contributed by atoms with Crippen molar-refractivity contribution in [3.63, 3.8) is 0 Å². The number of hydrogen-bond acceptors (Lipinski definition) is 1. The molecule has 1 saturated heterocycles. The van der Waals surface area contributed by atoms with Crippen LogP contribution in [-0.2, 0) is 0 Å². The molecule has 0 saturated carbocycles. The van der Waals surface area contributed by atoms with Crippen molar-refractivity contribution in [2.24, 2.45) is 0 Å². The first-order chi connectivity index (χ1) is 5.75. The lowest BCUT2D eigenvalue weighted by atomic mass is 9.94. The molecule has 0 bridgehead atoms. The number of rotatable bonds is 1. The molecule has 1 fully saturated rings. The predicted octanol–water partition coefficient (Wildman–Crippen LogP) is 2.73. The molecule has 0 N–H and O–H groups in total. The van der Waals surface area contributed by atoms with E-state index in [1.54, 1.807) is 0 Å². The molecule has 0 atom stereocenters. The Bertz CT molecular complexity index is 266. The molecule has 2 rings (SSSR count). The van der Waals surface area contributed by atoms with Crippen molar-refractivity contribution in [1.82, 2.24) is 5.12 Å². The average Bonchev–Trinajstić information content (AvgIpc) is 2.01. The Hall–Kier alpha value is -0.410. The molecule has 0 amide bonds. The van der Waals surface area contributed by atoms with Gasteiger partial charge in [-0.15, -0.1) is 9.60 Å². The van der Waals surface area contributed by atoms with Crippen molar-refractivity contribution in [2.45, 2.75) is 5.92 Å². The van der Waals surface area contributed by atoms with Gasteiger partial charge >= 0.3 is 0 Å². The predicted molar refractivity (Wildman–Crippen MR) is 49.6 cm³/mol. The van der Waals surface area contributed by atoms with Gasteiger partial charge in [-0.2, -0.15) is 0 Å². The van der Waals surface area contributed by atoms with Gasteiger partial charge in [0.15, 0.2) is 0 Å². The van der Waals surface area contributed by atoms with E-state index >= 15 is 0 Å². The SMILES string of the molecule is FN1CC(c2ccc(Br)cc2)C1. The minimum Gasteiger partial charge on any atom is -0.145 e. The fourth-order valence-corrected chi connectivity index (χ4v) is 1.63. The highest BCUT2D eigenvalue weighted by atomic mass is 79.9. The highest BCUT2D eigenvalue weighted by molar-refractivity contribution is 9.10. The van der Waals surface area contributed by atoms with Crippen LogP contribution in [-0.4, -0.2) is 18.2 Å². The normalized spacial score (nSPS) is 19.2. The molecule has 1 aromatic rings.